The van der Waals surface area contributed by atoms with Gasteiger partial charge in [-0.2, -0.15) is 4.98 Å². The normalized spacial score (nSPS) is 16.4. The molecule has 5 rings (SSSR count). The van der Waals surface area contributed by atoms with Gasteiger partial charge in [0.2, 0.25) is 0 Å². The lowest BCUT2D eigenvalue weighted by Crippen LogP contribution is -2.50. The Labute approximate surface area is 240 Å². The molecule has 3 aromatic heterocycles. The van der Waals surface area contributed by atoms with Crippen LogP contribution in [-0.2, 0) is 4.74 Å². The largest absolute Gasteiger partial charge is 0.444 e. The predicted molar refractivity (Wildman–Crippen MR) is 156 cm³/mol. The molecule has 2 fully saturated rings. The molecule has 0 unspecified atom stereocenters. The van der Waals surface area contributed by atoms with Gasteiger partial charge in [-0.05, 0) is 74.2 Å². The lowest BCUT2D eigenvalue weighted by molar-refractivity contribution is 0.0240. The molecule has 0 bridgehead atoms. The number of aryl methyl sites for hydroxylation is 1. The number of carbonyl (C=O) groups is 1. The summed E-state index contributed by atoms with van der Waals surface area (Å²) in [6.45, 7) is 9.70. The third-order valence-corrected chi connectivity index (χ3v) is 8.26. The SMILES string of the molecule is Cc1c(Br)c(=O)n(C2CCCC2)c2nc(N(N=O)c3ccc(N4CCN(C(=O)OC(C)(C)C)CC4)cn3)ncc12. The van der Waals surface area contributed by atoms with Crippen molar-refractivity contribution in [1.29, 1.82) is 0 Å². The van der Waals surface area contributed by atoms with Crippen molar-refractivity contribution in [3.63, 3.8) is 0 Å². The summed E-state index contributed by atoms with van der Waals surface area (Å²) in [6.07, 6.45) is 6.87. The number of pyridine rings is 2. The van der Waals surface area contributed by atoms with Crippen LogP contribution >= 0.6 is 15.9 Å². The first kappa shape index (κ1) is 27.9. The van der Waals surface area contributed by atoms with Crippen LogP contribution in [0.5, 0.6) is 0 Å². The van der Waals surface area contributed by atoms with E-state index in [1.165, 1.54) is 0 Å². The summed E-state index contributed by atoms with van der Waals surface area (Å²) >= 11 is 3.45. The van der Waals surface area contributed by atoms with Crippen LogP contribution in [-0.4, -0.2) is 62.3 Å². The number of nitrogens with zero attached hydrogens (tertiary/aromatic N) is 8. The number of carbonyl (C=O) groups excluding carboxylic acids is 1. The minimum Gasteiger partial charge on any atom is -0.444 e. The first-order valence-electron chi connectivity index (χ1n) is 13.5. The average Bonchev–Trinajstić information content (AvgIpc) is 3.46. The maximum Gasteiger partial charge on any atom is 0.410 e. The number of hydrogen-bond acceptors (Lipinski definition) is 9. The van der Waals surface area contributed by atoms with Crippen molar-refractivity contribution in [1.82, 2.24) is 24.4 Å². The molecule has 1 saturated heterocycles. The van der Waals surface area contributed by atoms with Crippen LogP contribution < -0.4 is 15.5 Å². The summed E-state index contributed by atoms with van der Waals surface area (Å²) < 4.78 is 7.70. The second-order valence-electron chi connectivity index (χ2n) is 11.2. The van der Waals surface area contributed by atoms with Gasteiger partial charge in [0.15, 0.2) is 5.82 Å². The number of amides is 1. The monoisotopic (exact) mass is 612 g/mol. The highest BCUT2D eigenvalue weighted by Crippen LogP contribution is 2.33. The Morgan fingerprint density at radius 1 is 1.10 bits per heavy atom. The Hall–Kier alpha value is -3.61. The summed E-state index contributed by atoms with van der Waals surface area (Å²) in [5.41, 5.74) is 1.41. The molecule has 212 valence electrons. The number of anilines is 3. The summed E-state index contributed by atoms with van der Waals surface area (Å²) in [6, 6.07) is 3.57. The van der Waals surface area contributed by atoms with Gasteiger partial charge in [0, 0.05) is 43.8 Å². The Balaban J connectivity index is 1.37. The average molecular weight is 614 g/mol. The molecule has 0 aromatic carbocycles. The summed E-state index contributed by atoms with van der Waals surface area (Å²) in [4.78, 5) is 54.9. The van der Waals surface area contributed by atoms with E-state index in [2.05, 4.69) is 41.1 Å². The van der Waals surface area contributed by atoms with Crippen LogP contribution in [0.3, 0.4) is 0 Å². The van der Waals surface area contributed by atoms with E-state index in [0.29, 0.717) is 36.3 Å². The first-order chi connectivity index (χ1) is 19.1. The number of ether oxygens (including phenoxy) is 1. The second kappa shape index (κ2) is 11.1. The van der Waals surface area contributed by atoms with E-state index in [0.717, 1.165) is 47.3 Å². The molecule has 0 atom stereocenters. The van der Waals surface area contributed by atoms with Crippen LogP contribution in [0.1, 0.15) is 58.1 Å². The van der Waals surface area contributed by atoms with Crippen molar-refractivity contribution in [2.45, 2.75) is 65.0 Å². The van der Waals surface area contributed by atoms with Gasteiger partial charge >= 0.3 is 6.09 Å². The lowest BCUT2D eigenvalue weighted by atomic mass is 10.1. The molecule has 13 heteroatoms. The van der Waals surface area contributed by atoms with E-state index < -0.39 is 5.60 Å². The fourth-order valence-electron chi connectivity index (χ4n) is 5.24. The Kier molecular flexibility index (Phi) is 7.76. The topological polar surface area (TPSA) is 126 Å². The molecular formula is C27H33BrN8O4. The summed E-state index contributed by atoms with van der Waals surface area (Å²) in [7, 11) is 0. The van der Waals surface area contributed by atoms with E-state index in [1.54, 1.807) is 27.9 Å². The zero-order chi connectivity index (χ0) is 28.6. The van der Waals surface area contributed by atoms with Gasteiger partial charge in [-0.1, -0.05) is 12.8 Å². The maximum absolute atomic E-state index is 13.2. The molecule has 1 aliphatic carbocycles. The molecule has 0 spiro atoms. The number of nitroso groups, excluding NO2 is 1. The van der Waals surface area contributed by atoms with E-state index in [9.17, 15) is 14.5 Å². The van der Waals surface area contributed by atoms with Gasteiger partial charge in [0.1, 0.15) is 11.2 Å². The molecule has 12 nitrogen and oxygen atoms in total. The van der Waals surface area contributed by atoms with Crippen molar-refractivity contribution in [2.75, 3.05) is 36.1 Å². The van der Waals surface area contributed by atoms with Crippen LogP contribution in [0.15, 0.2) is 39.1 Å². The number of fused-ring (bicyclic) bond motifs is 1. The summed E-state index contributed by atoms with van der Waals surface area (Å²) in [5, 5.41) is 4.92. The quantitative estimate of drug-likeness (QED) is 0.280. The zero-order valence-corrected chi connectivity index (χ0v) is 24.7. The first-order valence-corrected chi connectivity index (χ1v) is 14.3. The van der Waals surface area contributed by atoms with E-state index >= 15 is 0 Å². The van der Waals surface area contributed by atoms with Crippen molar-refractivity contribution in [2.24, 2.45) is 5.29 Å². The number of rotatable bonds is 5. The molecule has 1 amide bonds. The standard InChI is InChI=1S/C27H33BrN8O4/c1-17-20-16-30-25(31-23(20)35(24(37)22(17)28)18-7-5-6-8-18)36(32-39)21-10-9-19(15-29-21)33-11-13-34(14-12-33)26(38)40-27(2,3)4/h9-10,15-16,18H,5-8,11-14H2,1-4H3. The van der Waals surface area contributed by atoms with Crippen LogP contribution in [0.4, 0.5) is 22.2 Å². The van der Waals surface area contributed by atoms with Gasteiger partial charge < -0.3 is 14.5 Å². The molecule has 40 heavy (non-hydrogen) atoms. The van der Waals surface area contributed by atoms with E-state index in [4.69, 9.17) is 4.74 Å². The number of aromatic nitrogens is 4. The van der Waals surface area contributed by atoms with Crippen molar-refractivity contribution < 1.29 is 9.53 Å². The molecular weight excluding hydrogens is 580 g/mol. The Morgan fingerprint density at radius 2 is 1.80 bits per heavy atom. The molecule has 0 N–H and O–H groups in total. The fourth-order valence-corrected chi connectivity index (χ4v) is 5.65. The predicted octanol–water partition coefficient (Wildman–Crippen LogP) is 5.25. The smallest absolute Gasteiger partial charge is 0.410 e. The van der Waals surface area contributed by atoms with Gasteiger partial charge in [0.25, 0.3) is 11.5 Å². The Morgan fingerprint density at radius 3 is 2.40 bits per heavy atom. The van der Waals surface area contributed by atoms with Gasteiger partial charge in [0.05, 0.1) is 21.6 Å². The minimum atomic E-state index is -0.537. The zero-order valence-electron chi connectivity index (χ0n) is 23.1. The highest BCUT2D eigenvalue weighted by atomic mass is 79.9. The molecule has 2 aliphatic rings. The molecule has 3 aromatic rings. The second-order valence-corrected chi connectivity index (χ2v) is 12.0. The third-order valence-electron chi connectivity index (χ3n) is 7.33. The van der Waals surface area contributed by atoms with Crippen molar-refractivity contribution in [3.8, 4) is 0 Å². The van der Waals surface area contributed by atoms with Crippen LogP contribution in [0.2, 0.25) is 0 Å². The minimum absolute atomic E-state index is 0.0421. The number of halogens is 1. The summed E-state index contributed by atoms with van der Waals surface area (Å²) in [5.74, 6) is 0.302. The van der Waals surface area contributed by atoms with Crippen molar-refractivity contribution >= 4 is 50.5 Å². The van der Waals surface area contributed by atoms with Gasteiger partial charge in [-0.25, -0.2) is 14.8 Å². The van der Waals surface area contributed by atoms with Crippen LogP contribution in [0, 0.1) is 11.8 Å². The molecule has 0 radical (unpaired) electrons. The lowest BCUT2D eigenvalue weighted by Gasteiger charge is -2.36. The third kappa shape index (κ3) is 5.51. The van der Waals surface area contributed by atoms with E-state index in [-0.39, 0.29) is 29.5 Å². The van der Waals surface area contributed by atoms with Gasteiger partial charge in [-0.15, -0.1) is 9.92 Å². The van der Waals surface area contributed by atoms with E-state index in [1.807, 2.05) is 33.8 Å². The van der Waals surface area contributed by atoms with Crippen LogP contribution in [0.25, 0.3) is 11.0 Å². The molecule has 1 saturated carbocycles. The highest BCUT2D eigenvalue weighted by Gasteiger charge is 2.27. The van der Waals surface area contributed by atoms with Crippen molar-refractivity contribution in [3.05, 3.63) is 49.8 Å². The molecule has 4 heterocycles. The Bertz CT molecular complexity index is 1470. The number of hydrogen-bond donors (Lipinski definition) is 0. The highest BCUT2D eigenvalue weighted by molar-refractivity contribution is 9.10. The fraction of sp³-hybridized carbons (Fsp3) is 0.519. The maximum atomic E-state index is 13.2. The van der Waals surface area contributed by atoms with Gasteiger partial charge in [-0.3, -0.25) is 9.36 Å². The number of piperazine rings is 1. The molecule has 1 aliphatic heterocycles.